The predicted molar refractivity (Wildman–Crippen MR) is 81.4 cm³/mol. The predicted octanol–water partition coefficient (Wildman–Crippen LogP) is 1.56. The molecule has 2 N–H and O–H groups in total. The first-order valence-electron chi connectivity index (χ1n) is 7.62. The second kappa shape index (κ2) is 9.70. The van der Waals surface area contributed by atoms with Gasteiger partial charge in [-0.1, -0.05) is 6.92 Å². The molecule has 0 fully saturated rings. The lowest BCUT2D eigenvalue weighted by molar-refractivity contribution is 0.0479. The average molecular weight is 274 g/mol. The minimum Gasteiger partial charge on any atom is -0.395 e. The SMILES string of the molecule is CCC(C)N(CCN(C(C)CO)C(C)CO)C(C)C. The third kappa shape index (κ3) is 6.21. The normalized spacial score (nSPS) is 17.2. The van der Waals surface area contributed by atoms with Crippen molar-refractivity contribution in [1.82, 2.24) is 9.80 Å². The summed E-state index contributed by atoms with van der Waals surface area (Å²) in [7, 11) is 0. The molecule has 0 rings (SSSR count). The van der Waals surface area contributed by atoms with Crippen LogP contribution in [0.3, 0.4) is 0 Å². The molecule has 4 nitrogen and oxygen atoms in total. The van der Waals surface area contributed by atoms with Crippen molar-refractivity contribution in [3.8, 4) is 0 Å². The van der Waals surface area contributed by atoms with Crippen LogP contribution in [0.15, 0.2) is 0 Å². The van der Waals surface area contributed by atoms with Crippen molar-refractivity contribution in [1.29, 1.82) is 0 Å². The lowest BCUT2D eigenvalue weighted by Gasteiger charge is -2.38. The number of aliphatic hydroxyl groups excluding tert-OH is 2. The molecule has 0 bridgehead atoms. The van der Waals surface area contributed by atoms with Crippen molar-refractivity contribution in [3.63, 3.8) is 0 Å². The molecule has 0 aliphatic heterocycles. The first-order valence-corrected chi connectivity index (χ1v) is 7.62. The summed E-state index contributed by atoms with van der Waals surface area (Å²) in [6, 6.07) is 1.27. The molecule has 3 unspecified atom stereocenters. The van der Waals surface area contributed by atoms with E-state index in [1.807, 2.05) is 13.8 Å². The zero-order valence-corrected chi connectivity index (χ0v) is 13.6. The van der Waals surface area contributed by atoms with Gasteiger partial charge in [-0.3, -0.25) is 9.80 Å². The van der Waals surface area contributed by atoms with Crippen LogP contribution in [-0.4, -0.2) is 70.5 Å². The van der Waals surface area contributed by atoms with Gasteiger partial charge < -0.3 is 10.2 Å². The minimum atomic E-state index is 0.0908. The summed E-state index contributed by atoms with van der Waals surface area (Å²) in [5.41, 5.74) is 0. The largest absolute Gasteiger partial charge is 0.395 e. The lowest BCUT2D eigenvalue weighted by Crippen LogP contribution is -2.50. The van der Waals surface area contributed by atoms with E-state index in [-0.39, 0.29) is 25.3 Å². The van der Waals surface area contributed by atoms with Gasteiger partial charge in [0.15, 0.2) is 0 Å². The van der Waals surface area contributed by atoms with E-state index < -0.39 is 0 Å². The van der Waals surface area contributed by atoms with Gasteiger partial charge in [0.05, 0.1) is 13.2 Å². The van der Waals surface area contributed by atoms with E-state index in [4.69, 9.17) is 0 Å². The molecule has 0 aromatic heterocycles. The van der Waals surface area contributed by atoms with Gasteiger partial charge in [0.2, 0.25) is 0 Å². The fraction of sp³-hybridized carbons (Fsp3) is 1.00. The van der Waals surface area contributed by atoms with Crippen LogP contribution in [0.4, 0.5) is 0 Å². The van der Waals surface area contributed by atoms with E-state index in [9.17, 15) is 10.2 Å². The molecule has 0 saturated carbocycles. The van der Waals surface area contributed by atoms with E-state index in [1.54, 1.807) is 0 Å². The molecule has 0 heterocycles. The number of nitrogens with zero attached hydrogens (tertiary/aromatic N) is 2. The summed E-state index contributed by atoms with van der Waals surface area (Å²) in [5.74, 6) is 0. The summed E-state index contributed by atoms with van der Waals surface area (Å²) in [4.78, 5) is 4.68. The van der Waals surface area contributed by atoms with Crippen LogP contribution in [0.25, 0.3) is 0 Å². The standard InChI is InChI=1S/C15H34N2O2/c1-7-13(4)16(12(2)3)8-9-17(14(5)10-18)15(6)11-19/h12-15,18-19H,7-11H2,1-6H3. The molecule has 19 heavy (non-hydrogen) atoms. The van der Waals surface area contributed by atoms with Crippen LogP contribution < -0.4 is 0 Å². The van der Waals surface area contributed by atoms with E-state index >= 15 is 0 Å². The van der Waals surface area contributed by atoms with E-state index in [2.05, 4.69) is 37.5 Å². The highest BCUT2D eigenvalue weighted by Gasteiger charge is 2.22. The van der Waals surface area contributed by atoms with Crippen molar-refractivity contribution >= 4 is 0 Å². The van der Waals surface area contributed by atoms with Gasteiger partial charge in [-0.15, -0.1) is 0 Å². The van der Waals surface area contributed by atoms with Crippen LogP contribution in [0.1, 0.15) is 48.0 Å². The molecule has 116 valence electrons. The van der Waals surface area contributed by atoms with Crippen molar-refractivity contribution in [2.45, 2.75) is 72.1 Å². The quantitative estimate of drug-likeness (QED) is 0.635. The molecule has 0 aromatic rings. The Balaban J connectivity index is 4.58. The zero-order chi connectivity index (χ0) is 15.0. The Morgan fingerprint density at radius 3 is 1.47 bits per heavy atom. The first-order chi connectivity index (χ1) is 8.88. The highest BCUT2D eigenvalue weighted by Crippen LogP contribution is 2.11. The summed E-state index contributed by atoms with van der Waals surface area (Å²) in [5, 5.41) is 18.7. The van der Waals surface area contributed by atoms with Gasteiger partial charge in [-0.25, -0.2) is 0 Å². The molecular formula is C15H34N2O2. The summed E-state index contributed by atoms with van der Waals surface area (Å²) < 4.78 is 0. The minimum absolute atomic E-state index is 0.0908. The van der Waals surface area contributed by atoms with Crippen molar-refractivity contribution in [2.75, 3.05) is 26.3 Å². The second-order valence-corrected chi connectivity index (χ2v) is 5.89. The summed E-state index contributed by atoms with van der Waals surface area (Å²) >= 11 is 0. The van der Waals surface area contributed by atoms with Gasteiger partial charge >= 0.3 is 0 Å². The lowest BCUT2D eigenvalue weighted by atomic mass is 10.1. The van der Waals surface area contributed by atoms with Gasteiger partial charge in [-0.2, -0.15) is 0 Å². The van der Waals surface area contributed by atoms with Crippen LogP contribution in [-0.2, 0) is 0 Å². The van der Waals surface area contributed by atoms with Crippen LogP contribution in [0, 0.1) is 0 Å². The maximum atomic E-state index is 9.34. The van der Waals surface area contributed by atoms with Crippen LogP contribution >= 0.6 is 0 Å². The molecule has 0 spiro atoms. The maximum Gasteiger partial charge on any atom is 0.0584 e. The molecular weight excluding hydrogens is 240 g/mol. The Morgan fingerprint density at radius 1 is 0.737 bits per heavy atom. The maximum absolute atomic E-state index is 9.34. The van der Waals surface area contributed by atoms with Gasteiger partial charge in [-0.05, 0) is 41.0 Å². The van der Waals surface area contributed by atoms with E-state index in [1.165, 1.54) is 0 Å². The van der Waals surface area contributed by atoms with Gasteiger partial charge in [0.1, 0.15) is 0 Å². The molecule has 0 amide bonds. The van der Waals surface area contributed by atoms with Gasteiger partial charge in [0, 0.05) is 37.3 Å². The Morgan fingerprint density at radius 2 is 1.16 bits per heavy atom. The number of hydrogen-bond acceptors (Lipinski definition) is 4. The number of hydrogen-bond donors (Lipinski definition) is 2. The first kappa shape index (κ1) is 18.8. The molecule has 0 saturated heterocycles. The fourth-order valence-corrected chi connectivity index (χ4v) is 2.54. The molecule has 0 aliphatic carbocycles. The van der Waals surface area contributed by atoms with E-state index in [0.717, 1.165) is 19.5 Å². The van der Waals surface area contributed by atoms with Crippen molar-refractivity contribution < 1.29 is 10.2 Å². The third-order valence-corrected chi connectivity index (χ3v) is 4.10. The molecule has 4 heteroatoms. The third-order valence-electron chi connectivity index (χ3n) is 4.10. The molecule has 0 aliphatic rings. The molecule has 0 aromatic carbocycles. The monoisotopic (exact) mass is 274 g/mol. The average Bonchev–Trinajstić information content (AvgIpc) is 2.40. The highest BCUT2D eigenvalue weighted by molar-refractivity contribution is 4.77. The molecule has 3 atom stereocenters. The van der Waals surface area contributed by atoms with Crippen LogP contribution in [0.2, 0.25) is 0 Å². The molecule has 0 radical (unpaired) electrons. The Labute approximate surface area is 119 Å². The second-order valence-electron chi connectivity index (χ2n) is 5.89. The summed E-state index contributed by atoms with van der Waals surface area (Å²) in [6.45, 7) is 15.1. The van der Waals surface area contributed by atoms with Crippen molar-refractivity contribution in [3.05, 3.63) is 0 Å². The van der Waals surface area contributed by atoms with Crippen molar-refractivity contribution in [2.24, 2.45) is 0 Å². The Kier molecular flexibility index (Phi) is 9.62. The summed E-state index contributed by atoms with van der Waals surface area (Å²) in [6.07, 6.45) is 1.14. The zero-order valence-electron chi connectivity index (χ0n) is 13.6. The van der Waals surface area contributed by atoms with Crippen LogP contribution in [0.5, 0.6) is 0 Å². The highest BCUT2D eigenvalue weighted by atomic mass is 16.3. The Bertz CT molecular complexity index is 214. The van der Waals surface area contributed by atoms with E-state index in [0.29, 0.717) is 12.1 Å². The number of aliphatic hydroxyl groups is 2. The topological polar surface area (TPSA) is 46.9 Å². The van der Waals surface area contributed by atoms with Gasteiger partial charge in [0.25, 0.3) is 0 Å². The number of rotatable bonds is 10. The Hall–Kier alpha value is -0.160. The smallest absolute Gasteiger partial charge is 0.0584 e. The fourth-order valence-electron chi connectivity index (χ4n) is 2.54.